The number of esters is 1. The molecule has 30 heavy (non-hydrogen) atoms. The third kappa shape index (κ3) is 5.26. The fraction of sp³-hybridized carbons (Fsp3) is 0.130. The summed E-state index contributed by atoms with van der Waals surface area (Å²) in [7, 11) is 0. The third-order valence-electron chi connectivity index (χ3n) is 4.29. The van der Waals surface area contributed by atoms with Gasteiger partial charge < -0.3 is 9.64 Å². The van der Waals surface area contributed by atoms with Crippen LogP contribution in [0.4, 0.5) is 10.1 Å². The lowest BCUT2D eigenvalue weighted by molar-refractivity contribution is -0.142. The van der Waals surface area contributed by atoms with E-state index in [1.54, 1.807) is 12.3 Å². The highest BCUT2D eigenvalue weighted by Crippen LogP contribution is 2.18. The maximum atomic E-state index is 13.1. The molecule has 0 atom stereocenters. The predicted molar refractivity (Wildman–Crippen MR) is 111 cm³/mol. The molecule has 1 amide bonds. The summed E-state index contributed by atoms with van der Waals surface area (Å²) in [6.07, 6.45) is 4.57. The summed E-state index contributed by atoms with van der Waals surface area (Å²) in [6.45, 7) is -0.393. The van der Waals surface area contributed by atoms with Gasteiger partial charge in [0.05, 0.1) is 18.0 Å². The maximum absolute atomic E-state index is 13.1. The van der Waals surface area contributed by atoms with Crippen molar-refractivity contribution in [2.45, 2.75) is 6.42 Å². The Labute approximate surface area is 172 Å². The molecule has 0 unspecified atom stereocenters. The van der Waals surface area contributed by atoms with Crippen LogP contribution < -0.4 is 4.90 Å². The number of hydrogen-bond donors (Lipinski definition) is 0. The highest BCUT2D eigenvalue weighted by Gasteiger charge is 2.17. The molecule has 1 heterocycles. The van der Waals surface area contributed by atoms with Crippen LogP contribution in [0.3, 0.4) is 0 Å². The van der Waals surface area contributed by atoms with Gasteiger partial charge in [-0.2, -0.15) is 5.26 Å². The van der Waals surface area contributed by atoms with E-state index in [4.69, 9.17) is 10.00 Å². The Morgan fingerprint density at radius 3 is 2.67 bits per heavy atom. The van der Waals surface area contributed by atoms with Gasteiger partial charge in [0.15, 0.2) is 6.61 Å². The second-order valence-electron chi connectivity index (χ2n) is 6.29. The lowest BCUT2D eigenvalue weighted by Gasteiger charge is -2.21. The first-order valence-electron chi connectivity index (χ1n) is 9.20. The van der Waals surface area contributed by atoms with Gasteiger partial charge in [0.1, 0.15) is 5.82 Å². The summed E-state index contributed by atoms with van der Waals surface area (Å²) in [4.78, 5) is 30.2. The quantitative estimate of drug-likeness (QED) is 0.442. The Bertz CT molecular complexity index is 1120. The van der Waals surface area contributed by atoms with Gasteiger partial charge in [0.2, 0.25) is 0 Å². The van der Waals surface area contributed by atoms with Crippen molar-refractivity contribution in [3.8, 4) is 6.07 Å². The number of ether oxygens (including phenoxy) is 1. The molecule has 0 N–H and O–H groups in total. The SMILES string of the molecule is N#CCCN(C(=O)COC(=O)/C=C/c1cccc2cccnc12)c1ccc(F)cc1. The van der Waals surface area contributed by atoms with E-state index < -0.39 is 24.3 Å². The van der Waals surface area contributed by atoms with E-state index in [0.29, 0.717) is 5.69 Å². The molecule has 2 aromatic carbocycles. The molecular formula is C23H18FN3O3. The van der Waals surface area contributed by atoms with E-state index in [9.17, 15) is 14.0 Å². The first-order chi connectivity index (χ1) is 14.6. The summed E-state index contributed by atoms with van der Waals surface area (Å²) in [5.41, 5.74) is 1.92. The molecule has 7 heteroatoms. The molecule has 0 aliphatic carbocycles. The number of nitriles is 1. The second kappa shape index (κ2) is 9.94. The number of fused-ring (bicyclic) bond motifs is 1. The maximum Gasteiger partial charge on any atom is 0.331 e. The molecule has 1 aromatic heterocycles. The number of para-hydroxylation sites is 1. The molecule has 0 spiro atoms. The first kappa shape index (κ1) is 20.7. The zero-order chi connectivity index (χ0) is 21.3. The highest BCUT2D eigenvalue weighted by molar-refractivity contribution is 5.97. The van der Waals surface area contributed by atoms with Crippen LogP contribution in [0.2, 0.25) is 0 Å². The number of aromatic nitrogens is 1. The minimum absolute atomic E-state index is 0.0883. The van der Waals surface area contributed by atoms with Gasteiger partial charge in [-0.1, -0.05) is 24.3 Å². The smallest absolute Gasteiger partial charge is 0.331 e. The minimum Gasteiger partial charge on any atom is -0.452 e. The van der Waals surface area contributed by atoms with E-state index >= 15 is 0 Å². The summed E-state index contributed by atoms with van der Waals surface area (Å²) in [5.74, 6) is -1.63. The lowest BCUT2D eigenvalue weighted by atomic mass is 10.1. The number of carbonyl (C=O) groups excluding carboxylic acids is 2. The molecule has 6 nitrogen and oxygen atoms in total. The van der Waals surface area contributed by atoms with E-state index in [1.165, 1.54) is 35.2 Å². The number of nitrogens with zero attached hydrogens (tertiary/aromatic N) is 3. The van der Waals surface area contributed by atoms with Crippen LogP contribution in [-0.2, 0) is 14.3 Å². The van der Waals surface area contributed by atoms with E-state index in [2.05, 4.69) is 4.98 Å². The molecule has 0 aliphatic heterocycles. The normalized spacial score (nSPS) is 10.7. The molecule has 0 bridgehead atoms. The number of rotatable bonds is 7. The third-order valence-corrected chi connectivity index (χ3v) is 4.29. The fourth-order valence-electron chi connectivity index (χ4n) is 2.86. The molecular weight excluding hydrogens is 385 g/mol. The van der Waals surface area contributed by atoms with Crippen LogP contribution in [0.15, 0.2) is 66.9 Å². The monoisotopic (exact) mass is 403 g/mol. The summed E-state index contributed by atoms with van der Waals surface area (Å²) in [6, 6.07) is 16.6. The summed E-state index contributed by atoms with van der Waals surface area (Å²) >= 11 is 0. The molecule has 0 radical (unpaired) electrons. The number of pyridine rings is 1. The van der Waals surface area contributed by atoms with Crippen molar-refractivity contribution < 1.29 is 18.7 Å². The molecule has 0 aliphatic rings. The van der Waals surface area contributed by atoms with Crippen LogP contribution in [0.1, 0.15) is 12.0 Å². The van der Waals surface area contributed by atoms with Crippen molar-refractivity contribution in [1.82, 2.24) is 4.98 Å². The van der Waals surface area contributed by atoms with Crippen molar-refractivity contribution >= 4 is 34.5 Å². The largest absolute Gasteiger partial charge is 0.452 e. The Morgan fingerprint density at radius 1 is 1.13 bits per heavy atom. The molecule has 3 rings (SSSR count). The molecule has 3 aromatic rings. The number of halogens is 1. The van der Waals surface area contributed by atoms with Crippen LogP contribution in [-0.4, -0.2) is 30.0 Å². The second-order valence-corrected chi connectivity index (χ2v) is 6.29. The topological polar surface area (TPSA) is 83.3 Å². The average Bonchev–Trinajstić information content (AvgIpc) is 2.77. The Kier molecular flexibility index (Phi) is 6.85. The van der Waals surface area contributed by atoms with Gasteiger partial charge in [-0.05, 0) is 36.4 Å². The van der Waals surface area contributed by atoms with Gasteiger partial charge in [-0.25, -0.2) is 9.18 Å². The number of carbonyl (C=O) groups is 2. The van der Waals surface area contributed by atoms with Crippen molar-refractivity contribution in [2.24, 2.45) is 0 Å². The van der Waals surface area contributed by atoms with Gasteiger partial charge in [-0.3, -0.25) is 9.78 Å². The Morgan fingerprint density at radius 2 is 1.90 bits per heavy atom. The Balaban J connectivity index is 1.64. The zero-order valence-electron chi connectivity index (χ0n) is 16.0. The van der Waals surface area contributed by atoms with Gasteiger partial charge in [-0.15, -0.1) is 0 Å². The Hall–Kier alpha value is -4.05. The highest BCUT2D eigenvalue weighted by atomic mass is 19.1. The van der Waals surface area contributed by atoms with E-state index in [-0.39, 0.29) is 13.0 Å². The molecule has 0 fully saturated rings. The number of hydrogen-bond acceptors (Lipinski definition) is 5. The first-order valence-corrected chi connectivity index (χ1v) is 9.20. The van der Waals surface area contributed by atoms with Gasteiger partial charge >= 0.3 is 5.97 Å². The van der Waals surface area contributed by atoms with Gasteiger partial charge in [0, 0.05) is 35.5 Å². The van der Waals surface area contributed by atoms with Crippen molar-refractivity contribution in [1.29, 1.82) is 5.26 Å². The van der Waals surface area contributed by atoms with E-state index in [1.807, 2.05) is 36.4 Å². The zero-order valence-corrected chi connectivity index (χ0v) is 16.0. The van der Waals surface area contributed by atoms with E-state index in [0.717, 1.165) is 16.5 Å². The van der Waals surface area contributed by atoms with Crippen molar-refractivity contribution in [2.75, 3.05) is 18.1 Å². The van der Waals surface area contributed by atoms with Crippen LogP contribution in [0.25, 0.3) is 17.0 Å². The molecule has 150 valence electrons. The molecule has 0 saturated carbocycles. The lowest BCUT2D eigenvalue weighted by Crippen LogP contribution is -2.35. The van der Waals surface area contributed by atoms with Crippen molar-refractivity contribution in [3.63, 3.8) is 0 Å². The van der Waals surface area contributed by atoms with Crippen LogP contribution in [0.5, 0.6) is 0 Å². The minimum atomic E-state index is -0.685. The van der Waals surface area contributed by atoms with Crippen LogP contribution >= 0.6 is 0 Å². The number of benzene rings is 2. The fourth-order valence-corrected chi connectivity index (χ4v) is 2.86. The number of amides is 1. The number of anilines is 1. The average molecular weight is 403 g/mol. The predicted octanol–water partition coefficient (Wildman–Crippen LogP) is 3.88. The van der Waals surface area contributed by atoms with Crippen LogP contribution in [0, 0.1) is 17.1 Å². The van der Waals surface area contributed by atoms with Crippen molar-refractivity contribution in [3.05, 3.63) is 78.3 Å². The standard InChI is InChI=1S/C23H18FN3O3/c24-19-8-10-20(11-9-19)27(15-3-13-25)21(28)16-30-22(29)12-7-18-5-1-4-17-6-2-14-26-23(17)18/h1-2,4-12,14H,3,15-16H2/b12-7+. The van der Waals surface area contributed by atoms with Gasteiger partial charge in [0.25, 0.3) is 5.91 Å². The summed E-state index contributed by atoms with van der Waals surface area (Å²) in [5, 5.41) is 9.75. The molecule has 0 saturated heterocycles. The summed E-state index contributed by atoms with van der Waals surface area (Å²) < 4.78 is 18.2.